The van der Waals surface area contributed by atoms with Gasteiger partial charge >= 0.3 is 5.97 Å². The highest BCUT2D eigenvalue weighted by Crippen LogP contribution is 2.31. The van der Waals surface area contributed by atoms with E-state index in [1.54, 1.807) is 48.7 Å². The monoisotopic (exact) mass is 467 g/mol. The lowest BCUT2D eigenvalue weighted by atomic mass is 10.2. The van der Waals surface area contributed by atoms with Gasteiger partial charge in [0.15, 0.2) is 5.69 Å². The first-order valence-corrected chi connectivity index (χ1v) is 11.0. The number of anilines is 1. The van der Waals surface area contributed by atoms with Crippen molar-refractivity contribution in [2.45, 2.75) is 13.8 Å². The number of aryl methyl sites for hydroxylation is 1. The highest BCUT2D eigenvalue weighted by molar-refractivity contribution is 7.16. The van der Waals surface area contributed by atoms with Crippen molar-refractivity contribution < 1.29 is 14.3 Å². The number of hydrogen-bond acceptors (Lipinski definition) is 6. The largest absolute Gasteiger partial charge is 0.461 e. The predicted octanol–water partition coefficient (Wildman–Crippen LogP) is 4.84. The maximum absolute atomic E-state index is 13.4. The first-order valence-electron chi connectivity index (χ1n) is 9.74. The number of amides is 1. The fourth-order valence-electron chi connectivity index (χ4n) is 3.13. The van der Waals surface area contributed by atoms with Crippen LogP contribution in [0, 0.1) is 6.92 Å². The molecular formula is C23H18ClN3O4S. The molecule has 0 unspecified atom stereocenters. The van der Waals surface area contributed by atoms with Crippen LogP contribution in [0.1, 0.15) is 33.3 Å². The fraction of sp³-hybridized carbons (Fsp3) is 0.130. The van der Waals surface area contributed by atoms with Crippen LogP contribution >= 0.6 is 22.9 Å². The number of fused-ring (bicyclic) bond motifs is 1. The van der Waals surface area contributed by atoms with Crippen molar-refractivity contribution in [2.75, 3.05) is 11.9 Å². The van der Waals surface area contributed by atoms with E-state index in [4.69, 9.17) is 16.3 Å². The fourth-order valence-corrected chi connectivity index (χ4v) is 4.19. The molecule has 2 aromatic carbocycles. The minimum absolute atomic E-state index is 0.00488. The topological polar surface area (TPSA) is 90.3 Å². The molecule has 0 radical (unpaired) electrons. The van der Waals surface area contributed by atoms with Crippen LogP contribution in [0.4, 0.5) is 5.00 Å². The molecule has 162 valence electrons. The van der Waals surface area contributed by atoms with Gasteiger partial charge in [-0.2, -0.15) is 9.78 Å². The Labute approximate surface area is 192 Å². The van der Waals surface area contributed by atoms with Gasteiger partial charge in [0.1, 0.15) is 5.00 Å². The number of nitrogens with one attached hydrogen (secondary N) is 1. The van der Waals surface area contributed by atoms with E-state index in [0.29, 0.717) is 26.7 Å². The van der Waals surface area contributed by atoms with Crippen molar-refractivity contribution in [1.29, 1.82) is 0 Å². The lowest BCUT2D eigenvalue weighted by Crippen LogP contribution is -2.25. The van der Waals surface area contributed by atoms with Gasteiger partial charge in [-0.3, -0.25) is 9.59 Å². The molecule has 4 aromatic rings. The molecule has 4 rings (SSSR count). The van der Waals surface area contributed by atoms with Crippen molar-refractivity contribution >= 4 is 50.6 Å². The number of ether oxygens (including phenoxy) is 1. The van der Waals surface area contributed by atoms with Gasteiger partial charge in [-0.05, 0) is 50.2 Å². The first kappa shape index (κ1) is 21.7. The summed E-state index contributed by atoms with van der Waals surface area (Å²) in [6, 6.07) is 13.5. The lowest BCUT2D eigenvalue weighted by molar-refractivity contribution is 0.0520. The van der Waals surface area contributed by atoms with Crippen molar-refractivity contribution in [3.05, 3.63) is 86.1 Å². The van der Waals surface area contributed by atoms with Crippen LogP contribution in [-0.4, -0.2) is 28.3 Å². The van der Waals surface area contributed by atoms with E-state index in [2.05, 4.69) is 10.4 Å². The van der Waals surface area contributed by atoms with Gasteiger partial charge in [0.05, 0.1) is 17.7 Å². The molecule has 0 spiro atoms. The van der Waals surface area contributed by atoms with Crippen LogP contribution in [0.15, 0.2) is 58.7 Å². The summed E-state index contributed by atoms with van der Waals surface area (Å²) >= 11 is 7.03. The van der Waals surface area contributed by atoms with Gasteiger partial charge in [0.2, 0.25) is 0 Å². The van der Waals surface area contributed by atoms with E-state index in [9.17, 15) is 14.4 Å². The van der Waals surface area contributed by atoms with Crippen molar-refractivity contribution in [1.82, 2.24) is 9.78 Å². The summed E-state index contributed by atoms with van der Waals surface area (Å²) in [4.78, 5) is 38.7. The Hall–Kier alpha value is -3.49. The summed E-state index contributed by atoms with van der Waals surface area (Å²) in [5.41, 5.74) is 1.44. The van der Waals surface area contributed by atoms with Crippen molar-refractivity contribution in [3.8, 4) is 5.69 Å². The number of carbonyl (C=O) groups excluding carboxylic acids is 2. The molecule has 0 bridgehead atoms. The number of thiophene rings is 1. The molecule has 0 saturated carbocycles. The average Bonchev–Trinajstić information content (AvgIpc) is 3.19. The molecule has 0 aliphatic rings. The van der Waals surface area contributed by atoms with Crippen LogP contribution in [0.5, 0.6) is 0 Å². The van der Waals surface area contributed by atoms with Crippen LogP contribution in [-0.2, 0) is 4.74 Å². The minimum Gasteiger partial charge on any atom is -0.461 e. The summed E-state index contributed by atoms with van der Waals surface area (Å²) in [7, 11) is 0. The van der Waals surface area contributed by atoms with E-state index >= 15 is 0 Å². The molecule has 1 N–H and O–H groups in total. The second-order valence-electron chi connectivity index (χ2n) is 6.94. The van der Waals surface area contributed by atoms with Gasteiger partial charge in [0, 0.05) is 21.4 Å². The molecule has 2 aromatic heterocycles. The zero-order valence-corrected chi connectivity index (χ0v) is 18.8. The second kappa shape index (κ2) is 8.94. The van der Waals surface area contributed by atoms with Gasteiger partial charge in [-0.25, -0.2) is 4.79 Å². The van der Waals surface area contributed by atoms with Gasteiger partial charge in [0.25, 0.3) is 11.5 Å². The second-order valence-corrected chi connectivity index (χ2v) is 8.25. The number of esters is 1. The number of aromatic nitrogens is 2. The van der Waals surface area contributed by atoms with E-state index in [0.717, 1.165) is 21.6 Å². The van der Waals surface area contributed by atoms with Crippen molar-refractivity contribution in [3.63, 3.8) is 0 Å². The Kier molecular flexibility index (Phi) is 6.07. The van der Waals surface area contributed by atoms with Gasteiger partial charge in [-0.15, -0.1) is 11.3 Å². The summed E-state index contributed by atoms with van der Waals surface area (Å²) < 4.78 is 6.30. The van der Waals surface area contributed by atoms with Gasteiger partial charge in [-0.1, -0.05) is 29.3 Å². The smallest absolute Gasteiger partial charge is 0.359 e. The molecule has 0 saturated heterocycles. The number of benzene rings is 2. The summed E-state index contributed by atoms with van der Waals surface area (Å²) in [6.07, 6.45) is 0. The SMILES string of the molecule is CCOC(=O)c1nn(-c2ccc(C)cc2)c(=O)c2c(NC(=O)c3ccc(Cl)cc3)scc12. The van der Waals surface area contributed by atoms with Crippen LogP contribution in [0.3, 0.4) is 0 Å². The molecule has 7 nitrogen and oxygen atoms in total. The average molecular weight is 468 g/mol. The molecular weight excluding hydrogens is 450 g/mol. The molecule has 0 aliphatic heterocycles. The zero-order valence-electron chi connectivity index (χ0n) is 17.2. The Morgan fingerprint density at radius 3 is 2.47 bits per heavy atom. The highest BCUT2D eigenvalue weighted by Gasteiger charge is 2.23. The predicted molar refractivity (Wildman–Crippen MR) is 125 cm³/mol. The third-order valence-electron chi connectivity index (χ3n) is 4.73. The van der Waals surface area contributed by atoms with Crippen LogP contribution in [0.2, 0.25) is 5.02 Å². The van der Waals surface area contributed by atoms with E-state index in [-0.39, 0.29) is 17.7 Å². The Morgan fingerprint density at radius 2 is 1.81 bits per heavy atom. The standard InChI is InChI=1S/C23H18ClN3O4S/c1-3-31-23(30)19-17-12-32-21(25-20(28)14-6-8-15(24)9-7-14)18(17)22(29)27(26-19)16-10-4-13(2)5-11-16/h4-12H,3H2,1-2H3,(H,25,28). The first-order chi connectivity index (χ1) is 15.4. The van der Waals surface area contributed by atoms with E-state index < -0.39 is 17.4 Å². The third-order valence-corrected chi connectivity index (χ3v) is 5.88. The molecule has 0 atom stereocenters. The van der Waals surface area contributed by atoms with E-state index in [1.165, 1.54) is 0 Å². The minimum atomic E-state index is -0.647. The normalized spacial score (nSPS) is 10.8. The number of nitrogens with zero attached hydrogens (tertiary/aromatic N) is 2. The van der Waals surface area contributed by atoms with Crippen LogP contribution in [0.25, 0.3) is 16.5 Å². The summed E-state index contributed by atoms with van der Waals surface area (Å²) in [5, 5.41) is 10.0. The molecule has 2 heterocycles. The number of rotatable bonds is 5. The zero-order chi connectivity index (χ0) is 22.8. The Morgan fingerprint density at radius 1 is 1.12 bits per heavy atom. The lowest BCUT2D eigenvalue weighted by Gasteiger charge is -2.10. The Bertz CT molecular complexity index is 1380. The summed E-state index contributed by atoms with van der Waals surface area (Å²) in [6.45, 7) is 3.78. The van der Waals surface area contributed by atoms with Gasteiger partial charge < -0.3 is 10.1 Å². The molecule has 32 heavy (non-hydrogen) atoms. The Balaban J connectivity index is 1.87. The van der Waals surface area contributed by atoms with E-state index in [1.807, 2.05) is 19.1 Å². The maximum Gasteiger partial charge on any atom is 0.359 e. The quantitative estimate of drug-likeness (QED) is 0.424. The third kappa shape index (κ3) is 4.15. The van der Waals surface area contributed by atoms with Crippen molar-refractivity contribution in [2.24, 2.45) is 0 Å². The van der Waals surface area contributed by atoms with Crippen LogP contribution < -0.4 is 10.9 Å². The highest BCUT2D eigenvalue weighted by atomic mass is 35.5. The maximum atomic E-state index is 13.4. The number of halogens is 1. The number of hydrogen-bond donors (Lipinski definition) is 1. The molecule has 0 fully saturated rings. The molecule has 0 aliphatic carbocycles. The number of carbonyl (C=O) groups is 2. The molecule has 1 amide bonds. The molecule has 9 heteroatoms. The summed E-state index contributed by atoms with van der Waals surface area (Å²) in [5.74, 6) is -1.05.